The van der Waals surface area contributed by atoms with Gasteiger partial charge in [-0.1, -0.05) is 6.07 Å². The second kappa shape index (κ2) is 5.96. The van der Waals surface area contributed by atoms with Gasteiger partial charge >= 0.3 is 5.97 Å². The molecule has 0 bridgehead atoms. The second-order valence-electron chi connectivity index (χ2n) is 5.08. The summed E-state index contributed by atoms with van der Waals surface area (Å²) in [6.45, 7) is 2.79. The number of aliphatic carboxylic acids is 1. The van der Waals surface area contributed by atoms with Crippen LogP contribution < -0.4 is 5.32 Å². The van der Waals surface area contributed by atoms with E-state index in [-0.39, 0.29) is 5.92 Å². The molecule has 1 aromatic rings. The maximum Gasteiger partial charge on any atom is 0.306 e. The summed E-state index contributed by atoms with van der Waals surface area (Å²) in [5, 5.41) is 12.4. The van der Waals surface area contributed by atoms with E-state index >= 15 is 0 Å². The molecule has 4 nitrogen and oxygen atoms in total. The number of hydrogen-bond acceptors (Lipinski definition) is 3. The van der Waals surface area contributed by atoms with Crippen LogP contribution in [0, 0.1) is 12.8 Å². The zero-order valence-corrected chi connectivity index (χ0v) is 10.7. The summed E-state index contributed by atoms with van der Waals surface area (Å²) in [4.78, 5) is 15.1. The maximum atomic E-state index is 10.8. The van der Waals surface area contributed by atoms with Crippen LogP contribution in [0.5, 0.6) is 0 Å². The molecule has 0 unspecified atom stereocenters. The van der Waals surface area contributed by atoms with Gasteiger partial charge in [0.25, 0.3) is 0 Å². The Balaban J connectivity index is 1.75. The van der Waals surface area contributed by atoms with Gasteiger partial charge in [-0.2, -0.15) is 0 Å². The first-order chi connectivity index (χ1) is 8.65. The third-order valence-corrected chi connectivity index (χ3v) is 3.64. The summed E-state index contributed by atoms with van der Waals surface area (Å²) in [5.41, 5.74) is 2.21. The summed E-state index contributed by atoms with van der Waals surface area (Å²) < 4.78 is 0. The third kappa shape index (κ3) is 3.53. The first kappa shape index (κ1) is 13.0. The van der Waals surface area contributed by atoms with Crippen molar-refractivity contribution in [2.75, 3.05) is 0 Å². The zero-order valence-electron chi connectivity index (χ0n) is 10.7. The molecule has 0 amide bonds. The van der Waals surface area contributed by atoms with Gasteiger partial charge < -0.3 is 10.4 Å². The third-order valence-electron chi connectivity index (χ3n) is 3.64. The van der Waals surface area contributed by atoms with E-state index in [4.69, 9.17) is 5.11 Å². The molecule has 18 heavy (non-hydrogen) atoms. The van der Waals surface area contributed by atoms with Gasteiger partial charge in [0.2, 0.25) is 0 Å². The van der Waals surface area contributed by atoms with Crippen LogP contribution in [-0.2, 0) is 11.3 Å². The maximum absolute atomic E-state index is 10.8. The molecule has 0 aliphatic heterocycles. The molecule has 2 rings (SSSR count). The number of carboxylic acid groups (broad SMARTS) is 1. The summed E-state index contributed by atoms with van der Waals surface area (Å²) >= 11 is 0. The fraction of sp³-hybridized carbons (Fsp3) is 0.571. The summed E-state index contributed by atoms with van der Waals surface area (Å²) in [6, 6.07) is 4.54. The van der Waals surface area contributed by atoms with Crippen molar-refractivity contribution in [2.45, 2.75) is 45.2 Å². The normalized spacial score (nSPS) is 23.8. The van der Waals surface area contributed by atoms with E-state index < -0.39 is 5.97 Å². The molecule has 1 aliphatic carbocycles. The van der Waals surface area contributed by atoms with Gasteiger partial charge in [-0.3, -0.25) is 9.78 Å². The first-order valence-electron chi connectivity index (χ1n) is 6.53. The van der Waals surface area contributed by atoms with Crippen molar-refractivity contribution in [3.05, 3.63) is 29.6 Å². The molecule has 2 N–H and O–H groups in total. The van der Waals surface area contributed by atoms with E-state index in [0.717, 1.165) is 37.9 Å². The van der Waals surface area contributed by atoms with E-state index in [1.807, 2.05) is 19.2 Å². The van der Waals surface area contributed by atoms with Crippen molar-refractivity contribution < 1.29 is 9.90 Å². The van der Waals surface area contributed by atoms with E-state index in [0.29, 0.717) is 6.04 Å². The minimum atomic E-state index is -0.642. The Hall–Kier alpha value is -1.42. The Morgan fingerprint density at radius 3 is 2.67 bits per heavy atom. The van der Waals surface area contributed by atoms with Crippen LogP contribution in [0.4, 0.5) is 0 Å². The minimum Gasteiger partial charge on any atom is -0.481 e. The van der Waals surface area contributed by atoms with Crippen LogP contribution in [0.1, 0.15) is 36.9 Å². The fourth-order valence-electron chi connectivity index (χ4n) is 2.41. The molecular formula is C14H20N2O2. The highest BCUT2D eigenvalue weighted by atomic mass is 16.4. The zero-order chi connectivity index (χ0) is 13.0. The van der Waals surface area contributed by atoms with Gasteiger partial charge in [-0.05, 0) is 44.2 Å². The Kier molecular flexibility index (Phi) is 4.31. The van der Waals surface area contributed by atoms with Gasteiger partial charge in [-0.15, -0.1) is 0 Å². The van der Waals surface area contributed by atoms with Crippen molar-refractivity contribution in [3.8, 4) is 0 Å². The molecule has 1 aliphatic rings. The molecule has 1 saturated carbocycles. The summed E-state index contributed by atoms with van der Waals surface area (Å²) in [5.74, 6) is -0.778. The lowest BCUT2D eigenvalue weighted by Gasteiger charge is -2.26. The van der Waals surface area contributed by atoms with Crippen molar-refractivity contribution in [1.29, 1.82) is 0 Å². The van der Waals surface area contributed by atoms with Crippen molar-refractivity contribution in [3.63, 3.8) is 0 Å². The Bertz CT molecular complexity index is 395. The summed E-state index contributed by atoms with van der Waals surface area (Å²) in [7, 11) is 0. The fourth-order valence-corrected chi connectivity index (χ4v) is 2.41. The highest BCUT2D eigenvalue weighted by molar-refractivity contribution is 5.70. The standard InChI is InChI=1S/C14H20N2O2/c1-10-2-3-11(8-15-10)9-16-13-6-4-12(5-7-13)14(17)18/h2-3,8,12-13,16H,4-7,9H2,1H3,(H,17,18). The number of pyridine rings is 1. The van der Waals surface area contributed by atoms with E-state index in [2.05, 4.69) is 16.4 Å². The first-order valence-corrected chi connectivity index (χ1v) is 6.53. The lowest BCUT2D eigenvalue weighted by atomic mass is 9.86. The predicted octanol–water partition coefficient (Wildman–Crippen LogP) is 2.12. The van der Waals surface area contributed by atoms with E-state index in [1.54, 1.807) is 0 Å². The minimum absolute atomic E-state index is 0.135. The smallest absolute Gasteiger partial charge is 0.306 e. The monoisotopic (exact) mass is 248 g/mol. The molecule has 0 saturated heterocycles. The van der Waals surface area contributed by atoms with Gasteiger partial charge in [0.05, 0.1) is 5.92 Å². The predicted molar refractivity (Wildman–Crippen MR) is 69.2 cm³/mol. The van der Waals surface area contributed by atoms with Gasteiger partial charge in [0, 0.05) is 24.5 Å². The quantitative estimate of drug-likeness (QED) is 0.856. The topological polar surface area (TPSA) is 62.2 Å². The Morgan fingerprint density at radius 2 is 2.11 bits per heavy atom. The molecule has 1 aromatic heterocycles. The SMILES string of the molecule is Cc1ccc(CNC2CCC(C(=O)O)CC2)cn1. The average Bonchev–Trinajstić information content (AvgIpc) is 2.38. The van der Waals surface area contributed by atoms with Crippen LogP contribution >= 0.6 is 0 Å². The summed E-state index contributed by atoms with van der Waals surface area (Å²) in [6.07, 6.45) is 5.38. The number of carboxylic acids is 1. The molecule has 98 valence electrons. The molecular weight excluding hydrogens is 228 g/mol. The van der Waals surface area contributed by atoms with Crippen LogP contribution in [0.15, 0.2) is 18.3 Å². The number of nitrogens with zero attached hydrogens (tertiary/aromatic N) is 1. The van der Waals surface area contributed by atoms with Crippen LogP contribution in [0.3, 0.4) is 0 Å². The Morgan fingerprint density at radius 1 is 1.39 bits per heavy atom. The molecule has 1 heterocycles. The highest BCUT2D eigenvalue weighted by Crippen LogP contribution is 2.24. The van der Waals surface area contributed by atoms with E-state index in [1.165, 1.54) is 5.56 Å². The van der Waals surface area contributed by atoms with Crippen LogP contribution in [0.2, 0.25) is 0 Å². The highest BCUT2D eigenvalue weighted by Gasteiger charge is 2.25. The van der Waals surface area contributed by atoms with Crippen molar-refractivity contribution in [1.82, 2.24) is 10.3 Å². The molecule has 0 spiro atoms. The lowest BCUT2D eigenvalue weighted by Crippen LogP contribution is -2.34. The van der Waals surface area contributed by atoms with Gasteiger partial charge in [-0.25, -0.2) is 0 Å². The molecule has 0 atom stereocenters. The van der Waals surface area contributed by atoms with Gasteiger partial charge in [0.15, 0.2) is 0 Å². The van der Waals surface area contributed by atoms with E-state index in [9.17, 15) is 4.79 Å². The second-order valence-corrected chi connectivity index (χ2v) is 5.08. The number of aryl methyl sites for hydroxylation is 1. The number of hydrogen-bond donors (Lipinski definition) is 2. The molecule has 1 fully saturated rings. The number of rotatable bonds is 4. The molecule has 0 radical (unpaired) electrons. The Labute approximate surface area is 107 Å². The molecule has 0 aromatic carbocycles. The lowest BCUT2D eigenvalue weighted by molar-refractivity contribution is -0.142. The number of nitrogens with one attached hydrogen (secondary N) is 1. The van der Waals surface area contributed by atoms with Crippen LogP contribution in [0.25, 0.3) is 0 Å². The van der Waals surface area contributed by atoms with Crippen molar-refractivity contribution in [2.24, 2.45) is 5.92 Å². The number of aromatic nitrogens is 1. The van der Waals surface area contributed by atoms with Gasteiger partial charge in [0.1, 0.15) is 0 Å². The van der Waals surface area contributed by atoms with Crippen LogP contribution in [-0.4, -0.2) is 22.1 Å². The van der Waals surface area contributed by atoms with Crippen molar-refractivity contribution >= 4 is 5.97 Å². The number of carbonyl (C=O) groups is 1. The molecule has 4 heteroatoms. The largest absolute Gasteiger partial charge is 0.481 e. The average molecular weight is 248 g/mol.